The molecule has 112 valence electrons. The van der Waals surface area contributed by atoms with Crippen LogP contribution >= 0.6 is 0 Å². The number of nitrogens with one attached hydrogen (secondary N) is 1. The molecule has 0 aliphatic carbocycles. The van der Waals surface area contributed by atoms with Crippen molar-refractivity contribution in [3.63, 3.8) is 0 Å². The number of hydrazine groups is 1. The van der Waals surface area contributed by atoms with Crippen molar-refractivity contribution in [1.82, 2.24) is 15.3 Å². The maximum atomic E-state index is 5.95. The molecular weight excluding hydrogens is 260 g/mol. The molecule has 1 saturated heterocycles. The minimum Gasteiger partial charge on any atom is -0.296 e. The first kappa shape index (κ1) is 14.4. The normalized spacial score (nSPS) is 18.2. The van der Waals surface area contributed by atoms with E-state index in [1.54, 1.807) is 0 Å². The number of pyridine rings is 1. The van der Waals surface area contributed by atoms with Gasteiger partial charge in [0.2, 0.25) is 0 Å². The zero-order chi connectivity index (χ0) is 14.9. The quantitative estimate of drug-likeness (QED) is 0.669. The summed E-state index contributed by atoms with van der Waals surface area (Å²) in [5.41, 5.74) is 4.25. The smallest absolute Gasteiger partial charge is 0.0645 e. The molecule has 2 aromatic rings. The predicted octanol–water partition coefficient (Wildman–Crippen LogP) is 2.61. The molecule has 1 atom stereocenters. The van der Waals surface area contributed by atoms with Crippen molar-refractivity contribution in [2.24, 2.45) is 5.84 Å². The molecule has 1 aliphatic rings. The largest absolute Gasteiger partial charge is 0.296 e. The van der Waals surface area contributed by atoms with Gasteiger partial charge in [0.05, 0.1) is 6.04 Å². The molecule has 0 spiro atoms. The number of fused-ring (bicyclic) bond motifs is 1. The number of nitrogens with zero attached hydrogens (tertiary/aromatic N) is 2. The summed E-state index contributed by atoms with van der Waals surface area (Å²) < 4.78 is 0. The molecule has 0 amide bonds. The van der Waals surface area contributed by atoms with E-state index in [2.05, 4.69) is 53.4 Å². The van der Waals surface area contributed by atoms with Gasteiger partial charge >= 0.3 is 0 Å². The fraction of sp³-hybridized carbons (Fsp3) is 0.471. The Kier molecular flexibility index (Phi) is 3.93. The lowest BCUT2D eigenvalue weighted by atomic mass is 9.85. The molecule has 4 nitrogen and oxygen atoms in total. The van der Waals surface area contributed by atoms with Gasteiger partial charge in [-0.2, -0.15) is 0 Å². The molecule has 0 radical (unpaired) electrons. The first-order valence-corrected chi connectivity index (χ1v) is 7.68. The summed E-state index contributed by atoms with van der Waals surface area (Å²) in [5, 5.41) is 2.38. The van der Waals surface area contributed by atoms with Crippen LogP contribution in [0.1, 0.15) is 38.3 Å². The highest BCUT2D eigenvalue weighted by Crippen LogP contribution is 2.35. The summed E-state index contributed by atoms with van der Waals surface area (Å²) in [7, 11) is 0. The van der Waals surface area contributed by atoms with E-state index < -0.39 is 0 Å². The molecule has 3 N–H and O–H groups in total. The standard InChI is InChI=1S/C17H24N4/c1-17(2,21-10-3-4-11-21)16(20-18)14-7-5-6-13-8-9-19-12-15(13)14/h5-9,12,16,20H,3-4,10-11,18H2,1-2H3. The molecule has 2 heterocycles. The van der Waals surface area contributed by atoms with E-state index in [1.807, 2.05) is 12.4 Å². The van der Waals surface area contributed by atoms with Crippen molar-refractivity contribution < 1.29 is 0 Å². The molecule has 0 bridgehead atoms. The molecular formula is C17H24N4. The van der Waals surface area contributed by atoms with Crippen molar-refractivity contribution in [1.29, 1.82) is 0 Å². The topological polar surface area (TPSA) is 54.2 Å². The van der Waals surface area contributed by atoms with Crippen molar-refractivity contribution >= 4 is 10.8 Å². The van der Waals surface area contributed by atoms with Crippen molar-refractivity contribution in [3.8, 4) is 0 Å². The Morgan fingerprint density at radius 1 is 1.24 bits per heavy atom. The number of hydrogen-bond donors (Lipinski definition) is 2. The van der Waals surface area contributed by atoms with E-state index in [0.717, 1.165) is 13.1 Å². The Hall–Kier alpha value is -1.49. The summed E-state index contributed by atoms with van der Waals surface area (Å²) in [6, 6.07) is 8.50. The maximum absolute atomic E-state index is 5.95. The van der Waals surface area contributed by atoms with Gasteiger partial charge in [-0.25, -0.2) is 0 Å². The second-order valence-corrected chi connectivity index (χ2v) is 6.39. The molecule has 3 rings (SSSR count). The zero-order valence-corrected chi connectivity index (χ0v) is 12.8. The van der Waals surface area contributed by atoms with Crippen LogP contribution in [-0.4, -0.2) is 28.5 Å². The minimum atomic E-state index is -0.0324. The Labute approximate surface area is 126 Å². The van der Waals surface area contributed by atoms with Crippen molar-refractivity contribution in [2.45, 2.75) is 38.3 Å². The molecule has 0 saturated carbocycles. The van der Waals surface area contributed by atoms with Gasteiger partial charge in [-0.3, -0.25) is 21.2 Å². The van der Waals surface area contributed by atoms with Crippen LogP contribution in [0.3, 0.4) is 0 Å². The molecule has 1 fully saturated rings. The van der Waals surface area contributed by atoms with Crippen LogP contribution in [-0.2, 0) is 0 Å². The van der Waals surface area contributed by atoms with Crippen LogP contribution < -0.4 is 11.3 Å². The second-order valence-electron chi connectivity index (χ2n) is 6.39. The van der Waals surface area contributed by atoms with E-state index in [1.165, 1.54) is 29.2 Å². The van der Waals surface area contributed by atoms with Crippen LogP contribution in [0.5, 0.6) is 0 Å². The Morgan fingerprint density at radius 3 is 2.71 bits per heavy atom. The van der Waals surface area contributed by atoms with Gasteiger partial charge in [0.15, 0.2) is 0 Å². The molecule has 1 unspecified atom stereocenters. The van der Waals surface area contributed by atoms with Gasteiger partial charge in [0.25, 0.3) is 0 Å². The Bertz CT molecular complexity index is 612. The predicted molar refractivity (Wildman–Crippen MR) is 86.7 cm³/mol. The van der Waals surface area contributed by atoms with Gasteiger partial charge in [-0.1, -0.05) is 18.2 Å². The Balaban J connectivity index is 2.05. The Morgan fingerprint density at radius 2 is 2.00 bits per heavy atom. The first-order chi connectivity index (χ1) is 10.1. The highest BCUT2D eigenvalue weighted by Gasteiger charge is 2.37. The highest BCUT2D eigenvalue weighted by atomic mass is 15.3. The molecule has 4 heteroatoms. The lowest BCUT2D eigenvalue weighted by Crippen LogP contribution is -2.53. The average Bonchev–Trinajstić information content (AvgIpc) is 3.03. The SMILES string of the molecule is CC(C)(C(NN)c1cccc2ccncc12)N1CCCC1. The third-order valence-electron chi connectivity index (χ3n) is 4.82. The van der Waals surface area contributed by atoms with Crippen LogP contribution in [0.4, 0.5) is 0 Å². The van der Waals surface area contributed by atoms with Gasteiger partial charge < -0.3 is 0 Å². The van der Waals surface area contributed by atoms with Crippen molar-refractivity contribution in [2.75, 3.05) is 13.1 Å². The average molecular weight is 284 g/mol. The summed E-state index contributed by atoms with van der Waals surface area (Å²) in [4.78, 5) is 6.82. The van der Waals surface area contributed by atoms with Gasteiger partial charge in [0.1, 0.15) is 0 Å². The number of benzene rings is 1. The third kappa shape index (κ3) is 2.55. The lowest BCUT2D eigenvalue weighted by molar-refractivity contribution is 0.107. The summed E-state index contributed by atoms with van der Waals surface area (Å²) in [6.07, 6.45) is 6.33. The molecule has 1 aromatic heterocycles. The molecule has 1 aromatic carbocycles. The van der Waals surface area contributed by atoms with Crippen LogP contribution in [0.2, 0.25) is 0 Å². The number of aromatic nitrogens is 1. The monoisotopic (exact) mass is 284 g/mol. The van der Waals surface area contributed by atoms with Gasteiger partial charge in [0, 0.05) is 23.3 Å². The van der Waals surface area contributed by atoms with E-state index in [0.29, 0.717) is 0 Å². The van der Waals surface area contributed by atoms with E-state index in [4.69, 9.17) is 5.84 Å². The molecule has 21 heavy (non-hydrogen) atoms. The van der Waals surface area contributed by atoms with Crippen LogP contribution in [0, 0.1) is 0 Å². The number of nitrogens with two attached hydrogens (primary N) is 1. The van der Waals surface area contributed by atoms with E-state index in [-0.39, 0.29) is 11.6 Å². The minimum absolute atomic E-state index is 0.0324. The van der Waals surface area contributed by atoms with Gasteiger partial charge in [-0.15, -0.1) is 0 Å². The second kappa shape index (κ2) is 5.72. The highest BCUT2D eigenvalue weighted by molar-refractivity contribution is 5.85. The lowest BCUT2D eigenvalue weighted by Gasteiger charge is -2.42. The number of likely N-dealkylation sites (tertiary alicyclic amines) is 1. The van der Waals surface area contributed by atoms with Crippen LogP contribution in [0.15, 0.2) is 36.7 Å². The maximum Gasteiger partial charge on any atom is 0.0645 e. The fourth-order valence-electron chi connectivity index (χ4n) is 3.54. The summed E-state index contributed by atoms with van der Waals surface area (Å²) in [5.74, 6) is 5.95. The number of hydrogen-bond acceptors (Lipinski definition) is 4. The van der Waals surface area contributed by atoms with E-state index in [9.17, 15) is 0 Å². The molecule has 1 aliphatic heterocycles. The van der Waals surface area contributed by atoms with Crippen LogP contribution in [0.25, 0.3) is 10.8 Å². The fourth-order valence-corrected chi connectivity index (χ4v) is 3.54. The third-order valence-corrected chi connectivity index (χ3v) is 4.82. The summed E-state index contributed by atoms with van der Waals surface area (Å²) in [6.45, 7) is 6.85. The van der Waals surface area contributed by atoms with E-state index >= 15 is 0 Å². The zero-order valence-electron chi connectivity index (χ0n) is 12.8. The number of rotatable bonds is 4. The summed E-state index contributed by atoms with van der Waals surface area (Å²) >= 11 is 0. The van der Waals surface area contributed by atoms with Crippen molar-refractivity contribution in [3.05, 3.63) is 42.2 Å². The van der Waals surface area contributed by atoms with Gasteiger partial charge in [-0.05, 0) is 56.8 Å². The first-order valence-electron chi connectivity index (χ1n) is 7.68.